The Morgan fingerprint density at radius 1 is 1.31 bits per heavy atom. The highest BCUT2D eigenvalue weighted by molar-refractivity contribution is 8.14. The van der Waals surface area contributed by atoms with Crippen molar-refractivity contribution in [1.82, 2.24) is 4.31 Å². The Kier molecular flexibility index (Phi) is 3.50. The van der Waals surface area contributed by atoms with Crippen molar-refractivity contribution in [3.05, 3.63) is 30.3 Å². The lowest BCUT2D eigenvalue weighted by Gasteiger charge is -2.35. The van der Waals surface area contributed by atoms with E-state index in [4.69, 9.17) is 0 Å². The van der Waals surface area contributed by atoms with E-state index >= 15 is 0 Å². The lowest BCUT2D eigenvalue weighted by Crippen LogP contribution is -2.38. The van der Waals surface area contributed by atoms with Crippen LogP contribution in [0.4, 0.5) is 5.69 Å². The van der Waals surface area contributed by atoms with Gasteiger partial charge in [0.25, 0.3) is 0 Å². The van der Waals surface area contributed by atoms with Gasteiger partial charge >= 0.3 is 0 Å². The minimum atomic E-state index is 0.308. The van der Waals surface area contributed by atoms with Crippen LogP contribution in [0.25, 0.3) is 0 Å². The molecule has 1 aromatic rings. The smallest absolute Gasteiger partial charge is 0.174 e. The number of thiol groups is 1. The Bertz CT molecular complexity index is 387. The summed E-state index contributed by atoms with van der Waals surface area (Å²) < 4.78 is 1.95. The van der Waals surface area contributed by atoms with Gasteiger partial charge in [-0.05, 0) is 17.5 Å². The maximum atomic E-state index is 4.59. The zero-order valence-electron chi connectivity index (χ0n) is 9.55. The summed E-state index contributed by atoms with van der Waals surface area (Å²) >= 11 is 6.25. The predicted molar refractivity (Wildman–Crippen MR) is 75.5 cm³/mol. The second-order valence-corrected chi connectivity index (χ2v) is 6.17. The fourth-order valence-electron chi connectivity index (χ4n) is 1.56. The van der Waals surface area contributed by atoms with Gasteiger partial charge in [-0.2, -0.15) is 0 Å². The Labute approximate surface area is 107 Å². The maximum Gasteiger partial charge on any atom is 0.174 e. The molecule has 0 radical (unpaired) electrons. The van der Waals surface area contributed by atoms with Crippen LogP contribution in [-0.4, -0.2) is 21.8 Å². The summed E-state index contributed by atoms with van der Waals surface area (Å²) in [4.78, 5) is 4.59. The van der Waals surface area contributed by atoms with Crippen LogP contribution in [-0.2, 0) is 0 Å². The first-order chi connectivity index (χ1) is 7.57. The van der Waals surface area contributed by atoms with E-state index < -0.39 is 0 Å². The van der Waals surface area contributed by atoms with Crippen molar-refractivity contribution in [1.29, 1.82) is 0 Å². The molecule has 1 heterocycles. The third kappa shape index (κ3) is 2.95. The molecule has 0 saturated carbocycles. The van der Waals surface area contributed by atoms with Gasteiger partial charge in [-0.25, -0.2) is 4.99 Å². The van der Waals surface area contributed by atoms with Crippen LogP contribution in [0.5, 0.6) is 0 Å². The molecule has 0 amide bonds. The summed E-state index contributed by atoms with van der Waals surface area (Å²) in [5, 5.41) is 0.994. The number of para-hydroxylation sites is 1. The van der Waals surface area contributed by atoms with E-state index in [9.17, 15) is 0 Å². The molecule has 1 saturated heterocycles. The molecule has 4 heteroatoms. The van der Waals surface area contributed by atoms with Gasteiger partial charge in [-0.15, -0.1) is 0 Å². The zero-order valence-corrected chi connectivity index (χ0v) is 11.3. The molecule has 16 heavy (non-hydrogen) atoms. The average molecular weight is 252 g/mol. The van der Waals surface area contributed by atoms with E-state index in [-0.39, 0.29) is 0 Å². The Morgan fingerprint density at radius 2 is 2.00 bits per heavy atom. The van der Waals surface area contributed by atoms with Gasteiger partial charge in [-0.1, -0.05) is 56.6 Å². The van der Waals surface area contributed by atoms with Crippen molar-refractivity contribution in [2.24, 2.45) is 10.4 Å². The molecule has 86 valence electrons. The molecule has 0 aromatic heterocycles. The first kappa shape index (κ1) is 11.9. The summed E-state index contributed by atoms with van der Waals surface area (Å²) in [6.45, 7) is 5.44. The summed E-state index contributed by atoms with van der Waals surface area (Å²) in [6, 6.07) is 10.0. The molecule has 2 rings (SSSR count). The van der Waals surface area contributed by atoms with Crippen LogP contribution in [0.15, 0.2) is 35.3 Å². The van der Waals surface area contributed by atoms with Crippen molar-refractivity contribution >= 4 is 35.4 Å². The van der Waals surface area contributed by atoms with Gasteiger partial charge in [0.1, 0.15) is 0 Å². The largest absolute Gasteiger partial charge is 0.297 e. The quantitative estimate of drug-likeness (QED) is 0.769. The monoisotopic (exact) mass is 252 g/mol. The number of aliphatic imine (C=N–C) groups is 1. The van der Waals surface area contributed by atoms with Gasteiger partial charge < -0.3 is 0 Å². The van der Waals surface area contributed by atoms with Gasteiger partial charge in [0.15, 0.2) is 5.17 Å². The van der Waals surface area contributed by atoms with E-state index in [2.05, 4.69) is 31.7 Å². The number of benzene rings is 1. The van der Waals surface area contributed by atoms with Crippen molar-refractivity contribution < 1.29 is 0 Å². The van der Waals surface area contributed by atoms with Gasteiger partial charge in [0.05, 0.1) is 5.69 Å². The molecule has 0 spiro atoms. The highest BCUT2D eigenvalue weighted by Gasteiger charge is 2.29. The first-order valence-electron chi connectivity index (χ1n) is 5.30. The van der Waals surface area contributed by atoms with Crippen LogP contribution in [0.3, 0.4) is 0 Å². The van der Waals surface area contributed by atoms with Crippen molar-refractivity contribution in [2.75, 3.05) is 12.3 Å². The fraction of sp³-hybridized carbons (Fsp3) is 0.417. The molecule has 0 aliphatic carbocycles. The van der Waals surface area contributed by atoms with E-state index in [0.29, 0.717) is 5.41 Å². The normalized spacial score (nSPS) is 22.4. The van der Waals surface area contributed by atoms with E-state index in [1.54, 1.807) is 11.8 Å². The standard InChI is InChI=1S/C12H16N2S2/c1-12(2)8-14(15)11(16-9-12)13-10-6-4-3-5-7-10/h3-7,15H,8-9H2,1-2H3. The molecule has 0 N–H and O–H groups in total. The molecule has 2 nitrogen and oxygen atoms in total. The number of thioether (sulfide) groups is 1. The number of rotatable bonds is 1. The third-order valence-corrected chi connectivity index (χ3v) is 4.33. The van der Waals surface area contributed by atoms with Gasteiger partial charge in [0, 0.05) is 12.3 Å². The predicted octanol–water partition coefficient (Wildman–Crippen LogP) is 3.59. The van der Waals surface area contributed by atoms with Crippen LogP contribution in [0, 0.1) is 5.41 Å². The second kappa shape index (κ2) is 4.72. The highest BCUT2D eigenvalue weighted by Crippen LogP contribution is 2.33. The van der Waals surface area contributed by atoms with Crippen LogP contribution in [0.2, 0.25) is 0 Å². The van der Waals surface area contributed by atoms with Crippen LogP contribution >= 0.6 is 24.6 Å². The first-order valence-corrected chi connectivity index (χ1v) is 6.68. The summed E-state index contributed by atoms with van der Waals surface area (Å²) in [6.07, 6.45) is 0. The molecular formula is C12H16N2S2. The van der Waals surface area contributed by atoms with E-state index in [1.807, 2.05) is 34.6 Å². The highest BCUT2D eigenvalue weighted by atomic mass is 32.2. The van der Waals surface area contributed by atoms with E-state index in [0.717, 1.165) is 23.2 Å². The minimum Gasteiger partial charge on any atom is -0.297 e. The van der Waals surface area contributed by atoms with Crippen LogP contribution in [0.1, 0.15) is 13.8 Å². The third-order valence-electron chi connectivity index (χ3n) is 2.37. The zero-order chi connectivity index (χ0) is 11.6. The van der Waals surface area contributed by atoms with Crippen LogP contribution < -0.4 is 0 Å². The molecule has 1 aromatic carbocycles. The Balaban J connectivity index is 2.15. The summed E-state index contributed by atoms with van der Waals surface area (Å²) in [7, 11) is 0. The average Bonchev–Trinajstić information content (AvgIpc) is 2.23. The molecule has 1 aliphatic heterocycles. The number of hydrogen-bond acceptors (Lipinski definition) is 3. The minimum absolute atomic E-state index is 0.308. The lowest BCUT2D eigenvalue weighted by atomic mass is 9.96. The summed E-state index contributed by atoms with van der Waals surface area (Å²) in [5.41, 5.74) is 1.30. The van der Waals surface area contributed by atoms with Crippen molar-refractivity contribution in [3.8, 4) is 0 Å². The molecular weight excluding hydrogens is 236 g/mol. The topological polar surface area (TPSA) is 15.6 Å². The Morgan fingerprint density at radius 3 is 2.62 bits per heavy atom. The van der Waals surface area contributed by atoms with Gasteiger partial charge in [-0.3, -0.25) is 4.31 Å². The summed E-state index contributed by atoms with van der Waals surface area (Å²) in [5.74, 6) is 1.09. The fourth-order valence-corrected chi connectivity index (χ4v) is 3.15. The molecule has 0 atom stereocenters. The lowest BCUT2D eigenvalue weighted by molar-refractivity contribution is 0.363. The Hall–Kier alpha value is -0.610. The molecule has 0 unspecified atom stereocenters. The van der Waals surface area contributed by atoms with Crippen molar-refractivity contribution in [2.45, 2.75) is 13.8 Å². The molecule has 1 fully saturated rings. The molecule has 1 aliphatic rings. The SMILES string of the molecule is CC1(C)CSC(=Nc2ccccc2)N(S)C1. The second-order valence-electron chi connectivity index (χ2n) is 4.74. The molecule has 0 bridgehead atoms. The number of hydrogen-bond donors (Lipinski definition) is 1. The van der Waals surface area contributed by atoms with Crippen molar-refractivity contribution in [3.63, 3.8) is 0 Å². The number of nitrogens with zero attached hydrogens (tertiary/aromatic N) is 2. The maximum absolute atomic E-state index is 4.59. The number of amidine groups is 1. The van der Waals surface area contributed by atoms with E-state index in [1.165, 1.54) is 0 Å². The van der Waals surface area contributed by atoms with Gasteiger partial charge in [0.2, 0.25) is 0 Å².